The van der Waals surface area contributed by atoms with Gasteiger partial charge >= 0.3 is 6.18 Å². The van der Waals surface area contributed by atoms with Crippen molar-refractivity contribution < 1.29 is 41.0 Å². The van der Waals surface area contributed by atoms with Crippen LogP contribution >= 0.6 is 0 Å². The highest BCUT2D eigenvalue weighted by Crippen LogP contribution is 2.59. The molecular formula is C28H27F5N2O4. The maximum atomic E-state index is 14.7. The van der Waals surface area contributed by atoms with Crippen molar-refractivity contribution in [3.8, 4) is 11.6 Å². The molecule has 2 heterocycles. The molecule has 39 heavy (non-hydrogen) atoms. The molecule has 4 rings (SSSR count). The van der Waals surface area contributed by atoms with Crippen molar-refractivity contribution in [2.75, 3.05) is 7.11 Å². The lowest BCUT2D eigenvalue weighted by molar-refractivity contribution is -0.275. The number of alkyl halides is 3. The van der Waals surface area contributed by atoms with Gasteiger partial charge in [0.05, 0.1) is 12.8 Å². The number of methoxy groups -OCH3 is 1. The lowest BCUT2D eigenvalue weighted by Gasteiger charge is -2.32. The lowest BCUT2D eigenvalue weighted by Crippen LogP contribution is -2.46. The highest BCUT2D eigenvalue weighted by molar-refractivity contribution is 5.97. The van der Waals surface area contributed by atoms with Gasteiger partial charge in [0.25, 0.3) is 0 Å². The zero-order chi connectivity index (χ0) is 28.7. The Balaban J connectivity index is 1.88. The molecule has 0 bridgehead atoms. The summed E-state index contributed by atoms with van der Waals surface area (Å²) in [5.74, 6) is -6.31. The fraction of sp³-hybridized carbons (Fsp3) is 0.393. The molecule has 208 valence electrons. The Labute approximate surface area is 222 Å². The third kappa shape index (κ3) is 5.07. The molecule has 0 amide bonds. The van der Waals surface area contributed by atoms with Gasteiger partial charge in [-0.3, -0.25) is 4.79 Å². The van der Waals surface area contributed by atoms with Gasteiger partial charge in [-0.1, -0.05) is 43.3 Å². The van der Waals surface area contributed by atoms with Crippen molar-refractivity contribution in [2.45, 2.75) is 58.1 Å². The van der Waals surface area contributed by atoms with E-state index in [0.29, 0.717) is 0 Å². The minimum absolute atomic E-state index is 0.0274. The van der Waals surface area contributed by atoms with E-state index in [1.54, 1.807) is 24.3 Å². The number of ether oxygens (including phenoxy) is 3. The normalized spacial score (nSPS) is 23.1. The number of carbonyl (C=O) groups excluding carboxylic acids is 1. The molecule has 0 aliphatic carbocycles. The SMILES string of the molecule is COc1c([C@H]2[C@H](c3nc(C)c(C(C)=O)c(OCc4ccccc4)n3)O[C@@](C)(C(F)(F)F)[C@H]2C)ccc(F)c1F. The van der Waals surface area contributed by atoms with Crippen LogP contribution in [0.2, 0.25) is 0 Å². The van der Waals surface area contributed by atoms with E-state index in [1.165, 1.54) is 26.8 Å². The Morgan fingerprint density at radius 2 is 1.77 bits per heavy atom. The van der Waals surface area contributed by atoms with E-state index in [4.69, 9.17) is 14.2 Å². The molecule has 0 spiro atoms. The third-order valence-electron chi connectivity index (χ3n) is 7.21. The average Bonchev–Trinajstić information content (AvgIpc) is 3.16. The maximum Gasteiger partial charge on any atom is 0.417 e. The zero-order valence-electron chi connectivity index (χ0n) is 21.9. The van der Waals surface area contributed by atoms with E-state index in [1.807, 2.05) is 6.07 Å². The number of aromatic nitrogens is 2. The van der Waals surface area contributed by atoms with Crippen LogP contribution in [0.15, 0.2) is 42.5 Å². The van der Waals surface area contributed by atoms with Crippen LogP contribution in [-0.2, 0) is 11.3 Å². The predicted molar refractivity (Wildman–Crippen MR) is 131 cm³/mol. The van der Waals surface area contributed by atoms with Gasteiger partial charge in [0, 0.05) is 17.4 Å². The minimum Gasteiger partial charge on any atom is -0.493 e. The Hall–Kier alpha value is -3.60. The highest BCUT2D eigenvalue weighted by Gasteiger charge is 2.65. The second kappa shape index (κ2) is 10.5. The smallest absolute Gasteiger partial charge is 0.417 e. The van der Waals surface area contributed by atoms with Crippen molar-refractivity contribution in [1.29, 1.82) is 0 Å². The van der Waals surface area contributed by atoms with Crippen LogP contribution in [0.4, 0.5) is 22.0 Å². The van der Waals surface area contributed by atoms with Crippen LogP contribution in [0.1, 0.15) is 65.8 Å². The number of carbonyl (C=O) groups is 1. The summed E-state index contributed by atoms with van der Waals surface area (Å²) in [4.78, 5) is 21.1. The first-order chi connectivity index (χ1) is 18.3. The van der Waals surface area contributed by atoms with Crippen molar-refractivity contribution in [3.05, 3.63) is 82.3 Å². The summed E-state index contributed by atoms with van der Waals surface area (Å²) in [6.07, 6.45) is -6.30. The number of halogens is 5. The molecule has 0 radical (unpaired) electrons. The summed E-state index contributed by atoms with van der Waals surface area (Å²) in [5.41, 5.74) is -1.72. The molecule has 1 fully saturated rings. The van der Waals surface area contributed by atoms with Crippen LogP contribution in [0, 0.1) is 24.5 Å². The van der Waals surface area contributed by atoms with E-state index in [-0.39, 0.29) is 35.1 Å². The Bertz CT molecular complexity index is 1380. The summed E-state index contributed by atoms with van der Waals surface area (Å²) in [6, 6.07) is 11.0. The van der Waals surface area contributed by atoms with E-state index in [2.05, 4.69) is 9.97 Å². The van der Waals surface area contributed by atoms with Gasteiger partial charge in [0.2, 0.25) is 11.7 Å². The number of hydrogen-bond donors (Lipinski definition) is 0. The monoisotopic (exact) mass is 550 g/mol. The second-order valence-corrected chi connectivity index (χ2v) is 9.62. The Kier molecular flexibility index (Phi) is 7.66. The highest BCUT2D eigenvalue weighted by atomic mass is 19.4. The number of hydrogen-bond acceptors (Lipinski definition) is 6. The van der Waals surface area contributed by atoms with Crippen LogP contribution in [0.25, 0.3) is 0 Å². The van der Waals surface area contributed by atoms with Crippen LogP contribution in [0.3, 0.4) is 0 Å². The molecule has 1 aliphatic heterocycles. The van der Waals surface area contributed by atoms with Crippen LogP contribution in [0.5, 0.6) is 11.6 Å². The number of benzene rings is 2. The van der Waals surface area contributed by atoms with Gasteiger partial charge in [-0.15, -0.1) is 0 Å². The Morgan fingerprint density at radius 3 is 2.36 bits per heavy atom. The van der Waals surface area contributed by atoms with Crippen molar-refractivity contribution in [3.63, 3.8) is 0 Å². The third-order valence-corrected chi connectivity index (χ3v) is 7.21. The van der Waals surface area contributed by atoms with E-state index < -0.39 is 52.9 Å². The van der Waals surface area contributed by atoms with Crippen molar-refractivity contribution >= 4 is 5.78 Å². The summed E-state index contributed by atoms with van der Waals surface area (Å²) in [5, 5.41) is 0. The van der Waals surface area contributed by atoms with Crippen molar-refractivity contribution in [1.82, 2.24) is 9.97 Å². The molecule has 2 aromatic carbocycles. The summed E-state index contributed by atoms with van der Waals surface area (Å²) in [6.45, 7) is 5.03. The van der Waals surface area contributed by atoms with Gasteiger partial charge in [0.1, 0.15) is 18.3 Å². The molecule has 0 saturated carbocycles. The number of Topliss-reactive ketones (excluding diaryl/α,β-unsaturated/α-hetero) is 1. The molecule has 0 N–H and O–H groups in total. The molecule has 1 aromatic heterocycles. The molecule has 11 heteroatoms. The van der Waals surface area contributed by atoms with Gasteiger partial charge in [-0.05, 0) is 32.4 Å². The number of nitrogens with zero attached hydrogens (tertiary/aromatic N) is 2. The molecule has 3 aromatic rings. The van der Waals surface area contributed by atoms with E-state index >= 15 is 0 Å². The van der Waals surface area contributed by atoms with Gasteiger partial charge in [-0.2, -0.15) is 22.5 Å². The number of ketones is 1. The standard InChI is InChI=1S/C28H27F5N2O4/c1-14-20(18-11-12-19(29)22(30)23(18)37-5)24(39-27(14,4)28(31,32)33)25-34-15(2)21(16(3)36)26(35-25)38-13-17-9-7-6-8-10-17/h6-12,14,20,24H,13H2,1-5H3/t14-,20-,24+,27+/m0/s1. The van der Waals surface area contributed by atoms with Gasteiger partial charge < -0.3 is 14.2 Å². The van der Waals surface area contributed by atoms with E-state index in [9.17, 15) is 26.7 Å². The number of aryl methyl sites for hydroxylation is 1. The van der Waals surface area contributed by atoms with Crippen molar-refractivity contribution in [2.24, 2.45) is 5.92 Å². The van der Waals surface area contributed by atoms with E-state index in [0.717, 1.165) is 25.7 Å². The fourth-order valence-corrected chi connectivity index (χ4v) is 4.97. The zero-order valence-corrected chi connectivity index (χ0v) is 21.9. The fourth-order valence-electron chi connectivity index (χ4n) is 4.97. The first kappa shape index (κ1) is 28.4. The molecular weight excluding hydrogens is 523 g/mol. The second-order valence-electron chi connectivity index (χ2n) is 9.62. The van der Waals surface area contributed by atoms with Crippen LogP contribution < -0.4 is 9.47 Å². The predicted octanol–water partition coefficient (Wildman–Crippen LogP) is 6.67. The molecule has 0 unspecified atom stereocenters. The topological polar surface area (TPSA) is 70.5 Å². The first-order valence-electron chi connectivity index (χ1n) is 12.1. The molecule has 6 nitrogen and oxygen atoms in total. The van der Waals surface area contributed by atoms with Crippen LogP contribution in [-0.4, -0.2) is 34.6 Å². The summed E-state index contributed by atoms with van der Waals surface area (Å²) < 4.78 is 88.3. The lowest BCUT2D eigenvalue weighted by atomic mass is 9.77. The average molecular weight is 551 g/mol. The van der Waals surface area contributed by atoms with Gasteiger partial charge in [0.15, 0.2) is 28.8 Å². The maximum absolute atomic E-state index is 14.7. The minimum atomic E-state index is -4.83. The molecule has 1 saturated heterocycles. The Morgan fingerprint density at radius 1 is 1.10 bits per heavy atom. The van der Waals surface area contributed by atoms with Gasteiger partial charge in [-0.25, -0.2) is 9.37 Å². The summed E-state index contributed by atoms with van der Waals surface area (Å²) >= 11 is 0. The molecule has 1 aliphatic rings. The molecule has 4 atom stereocenters. The summed E-state index contributed by atoms with van der Waals surface area (Å²) in [7, 11) is 1.09. The number of rotatable bonds is 7. The quantitative estimate of drug-likeness (QED) is 0.242. The first-order valence-corrected chi connectivity index (χ1v) is 12.1. The largest absolute Gasteiger partial charge is 0.493 e.